The van der Waals surface area contributed by atoms with Gasteiger partial charge in [0.05, 0.1) is 0 Å². The molecule has 0 bridgehead atoms. The molecule has 0 atom stereocenters. The number of hydrogen-bond donors (Lipinski definition) is 2. The topological polar surface area (TPSA) is 98.8 Å². The third-order valence-corrected chi connectivity index (χ3v) is 3.60. The number of H-pyrrole nitrogens is 1. The highest BCUT2D eigenvalue weighted by Gasteiger charge is 2.19. The molecule has 1 aliphatic heterocycles. The summed E-state index contributed by atoms with van der Waals surface area (Å²) in [6.45, 7) is 4.29. The van der Waals surface area contributed by atoms with Crippen LogP contribution in [-0.2, 0) is 11.3 Å². The van der Waals surface area contributed by atoms with Crippen molar-refractivity contribution in [2.75, 3.05) is 18.9 Å². The number of hydrogen-bond acceptors (Lipinski definition) is 5. The summed E-state index contributed by atoms with van der Waals surface area (Å²) in [7, 11) is 0. The number of nitrogen functional groups attached to an aromatic ring is 1. The lowest BCUT2D eigenvalue weighted by Crippen LogP contribution is -2.21. The number of aromatic nitrogens is 4. The third kappa shape index (κ3) is 2.21. The molecule has 7 nitrogen and oxygen atoms in total. The number of anilines is 1. The molecule has 1 saturated heterocycles. The van der Waals surface area contributed by atoms with Crippen LogP contribution in [0.15, 0.2) is 4.79 Å². The minimum Gasteiger partial charge on any atom is -0.381 e. The van der Waals surface area contributed by atoms with Gasteiger partial charge >= 0.3 is 0 Å². The first-order valence-corrected chi connectivity index (χ1v) is 6.45. The van der Waals surface area contributed by atoms with Crippen LogP contribution in [0.25, 0.3) is 11.2 Å². The number of nitrogens with zero attached hydrogens (tertiary/aromatic N) is 3. The molecule has 0 aliphatic carbocycles. The highest BCUT2D eigenvalue weighted by Crippen LogP contribution is 2.20. The summed E-state index contributed by atoms with van der Waals surface area (Å²) in [5.41, 5.74) is 6.26. The van der Waals surface area contributed by atoms with Gasteiger partial charge < -0.3 is 15.0 Å². The lowest BCUT2D eigenvalue weighted by Gasteiger charge is -2.22. The van der Waals surface area contributed by atoms with Crippen LogP contribution in [0.2, 0.25) is 0 Å². The van der Waals surface area contributed by atoms with Crippen molar-refractivity contribution in [3.05, 3.63) is 16.2 Å². The van der Waals surface area contributed by atoms with Gasteiger partial charge in [0.25, 0.3) is 5.56 Å². The lowest BCUT2D eigenvalue weighted by atomic mass is 10.0. The Hall–Kier alpha value is -1.89. The van der Waals surface area contributed by atoms with Crippen molar-refractivity contribution in [3.63, 3.8) is 0 Å². The van der Waals surface area contributed by atoms with Gasteiger partial charge in [-0.1, -0.05) is 0 Å². The highest BCUT2D eigenvalue weighted by atomic mass is 16.5. The number of nitrogens with two attached hydrogens (primary N) is 1. The summed E-state index contributed by atoms with van der Waals surface area (Å²) in [5, 5.41) is 0. The molecule has 3 rings (SSSR count). The second kappa shape index (κ2) is 4.65. The van der Waals surface area contributed by atoms with Gasteiger partial charge in [0, 0.05) is 19.8 Å². The summed E-state index contributed by atoms with van der Waals surface area (Å²) in [6.07, 6.45) is 2.05. The van der Waals surface area contributed by atoms with Crippen LogP contribution in [-0.4, -0.2) is 32.7 Å². The standard InChI is InChI=1S/C12H17N5O2/c1-7-14-9-10(15-12(13)16-11(9)18)17(7)6-8-2-4-19-5-3-8/h8H,2-6H2,1H3,(H3,13,15,16,18). The van der Waals surface area contributed by atoms with Gasteiger partial charge in [0.15, 0.2) is 11.2 Å². The van der Waals surface area contributed by atoms with Crippen LogP contribution in [0, 0.1) is 12.8 Å². The second-order valence-electron chi connectivity index (χ2n) is 4.95. The van der Waals surface area contributed by atoms with Crippen LogP contribution in [0.3, 0.4) is 0 Å². The molecule has 3 N–H and O–H groups in total. The summed E-state index contributed by atoms with van der Waals surface area (Å²) in [5.74, 6) is 1.46. The number of fused-ring (bicyclic) bond motifs is 1. The summed E-state index contributed by atoms with van der Waals surface area (Å²) in [6, 6.07) is 0. The van der Waals surface area contributed by atoms with E-state index in [-0.39, 0.29) is 11.5 Å². The molecular formula is C12H17N5O2. The quantitative estimate of drug-likeness (QED) is 0.819. The molecule has 1 aliphatic rings. The van der Waals surface area contributed by atoms with Crippen LogP contribution in [0.5, 0.6) is 0 Å². The van der Waals surface area contributed by atoms with E-state index in [1.54, 1.807) is 0 Å². The van der Waals surface area contributed by atoms with E-state index in [9.17, 15) is 4.79 Å². The normalized spacial score (nSPS) is 17.1. The molecule has 7 heteroatoms. The molecule has 0 unspecified atom stereocenters. The Labute approximate surface area is 109 Å². The second-order valence-corrected chi connectivity index (χ2v) is 4.95. The largest absolute Gasteiger partial charge is 0.381 e. The molecule has 19 heavy (non-hydrogen) atoms. The number of ether oxygens (including phenoxy) is 1. The monoisotopic (exact) mass is 263 g/mol. The van der Waals surface area contributed by atoms with E-state index in [1.165, 1.54) is 0 Å². The van der Waals surface area contributed by atoms with Crippen LogP contribution < -0.4 is 11.3 Å². The van der Waals surface area contributed by atoms with Crippen LogP contribution >= 0.6 is 0 Å². The maximum atomic E-state index is 11.8. The van der Waals surface area contributed by atoms with Gasteiger partial charge in [0.2, 0.25) is 5.95 Å². The number of aromatic amines is 1. The Kier molecular flexibility index (Phi) is 2.98. The van der Waals surface area contributed by atoms with Gasteiger partial charge in [-0.2, -0.15) is 4.98 Å². The van der Waals surface area contributed by atoms with Crippen molar-refractivity contribution in [2.45, 2.75) is 26.3 Å². The van der Waals surface area contributed by atoms with Gasteiger partial charge in [0.1, 0.15) is 5.82 Å². The molecule has 0 aromatic carbocycles. The first kappa shape index (κ1) is 12.2. The highest BCUT2D eigenvalue weighted by molar-refractivity contribution is 5.71. The SMILES string of the molecule is Cc1nc2c(=O)[nH]c(N)nc2n1CC1CCOCC1. The number of rotatable bonds is 2. The fraction of sp³-hybridized carbons (Fsp3) is 0.583. The van der Waals surface area contributed by atoms with Crippen LogP contribution in [0.4, 0.5) is 5.95 Å². The van der Waals surface area contributed by atoms with Crippen LogP contribution in [0.1, 0.15) is 18.7 Å². The van der Waals surface area contributed by atoms with Crippen molar-refractivity contribution >= 4 is 17.1 Å². The Bertz CT molecular complexity index is 654. The van der Waals surface area contributed by atoms with Gasteiger partial charge in [-0.05, 0) is 25.7 Å². The van der Waals surface area contributed by atoms with E-state index in [0.29, 0.717) is 17.1 Å². The van der Waals surface area contributed by atoms with Gasteiger partial charge in [-0.15, -0.1) is 0 Å². The molecular weight excluding hydrogens is 246 g/mol. The zero-order valence-corrected chi connectivity index (χ0v) is 10.8. The predicted molar refractivity (Wildman–Crippen MR) is 70.8 cm³/mol. The maximum Gasteiger partial charge on any atom is 0.280 e. The molecule has 2 aromatic rings. The zero-order valence-electron chi connectivity index (χ0n) is 10.8. The fourth-order valence-corrected chi connectivity index (χ4v) is 2.54. The van der Waals surface area contributed by atoms with E-state index in [4.69, 9.17) is 10.5 Å². The van der Waals surface area contributed by atoms with Crippen molar-refractivity contribution in [3.8, 4) is 0 Å². The molecule has 0 radical (unpaired) electrons. The minimum absolute atomic E-state index is 0.130. The van der Waals surface area contributed by atoms with Crippen molar-refractivity contribution in [1.82, 2.24) is 19.5 Å². The molecule has 2 aromatic heterocycles. The van der Waals surface area contributed by atoms with E-state index >= 15 is 0 Å². The minimum atomic E-state index is -0.281. The number of nitrogens with one attached hydrogen (secondary N) is 1. The zero-order chi connectivity index (χ0) is 13.4. The summed E-state index contributed by atoms with van der Waals surface area (Å²) < 4.78 is 7.34. The van der Waals surface area contributed by atoms with Crippen molar-refractivity contribution in [2.24, 2.45) is 5.92 Å². The Morgan fingerprint density at radius 3 is 2.89 bits per heavy atom. The van der Waals surface area contributed by atoms with Crippen molar-refractivity contribution in [1.29, 1.82) is 0 Å². The maximum absolute atomic E-state index is 11.8. The summed E-state index contributed by atoms with van der Waals surface area (Å²) >= 11 is 0. The first-order valence-electron chi connectivity index (χ1n) is 6.45. The Morgan fingerprint density at radius 1 is 1.42 bits per heavy atom. The molecule has 0 spiro atoms. The Balaban J connectivity index is 2.02. The van der Waals surface area contributed by atoms with E-state index in [2.05, 4.69) is 15.0 Å². The average molecular weight is 263 g/mol. The molecule has 3 heterocycles. The fourth-order valence-electron chi connectivity index (χ4n) is 2.54. The third-order valence-electron chi connectivity index (χ3n) is 3.60. The van der Waals surface area contributed by atoms with Gasteiger partial charge in [-0.3, -0.25) is 9.78 Å². The van der Waals surface area contributed by atoms with E-state index in [1.807, 2.05) is 11.5 Å². The Morgan fingerprint density at radius 2 is 2.16 bits per heavy atom. The predicted octanol–water partition coefficient (Wildman–Crippen LogP) is 0.437. The smallest absolute Gasteiger partial charge is 0.280 e. The molecule has 102 valence electrons. The van der Waals surface area contributed by atoms with E-state index < -0.39 is 0 Å². The van der Waals surface area contributed by atoms with Crippen molar-refractivity contribution < 1.29 is 4.74 Å². The first-order chi connectivity index (χ1) is 9.15. The molecule has 1 fully saturated rings. The average Bonchev–Trinajstić information content (AvgIpc) is 2.69. The number of imidazole rings is 1. The van der Waals surface area contributed by atoms with Gasteiger partial charge in [-0.25, -0.2) is 4.98 Å². The lowest BCUT2D eigenvalue weighted by molar-refractivity contribution is 0.0614. The van der Waals surface area contributed by atoms with E-state index in [0.717, 1.165) is 38.4 Å². The molecule has 0 saturated carbocycles. The summed E-state index contributed by atoms with van der Waals surface area (Å²) in [4.78, 5) is 22.8. The molecule has 0 amide bonds. The number of aryl methyl sites for hydroxylation is 1.